The lowest BCUT2D eigenvalue weighted by Crippen LogP contribution is -2.39. The summed E-state index contributed by atoms with van der Waals surface area (Å²) in [6.45, 7) is 9.40. The highest BCUT2D eigenvalue weighted by atomic mass is 15.4. The van der Waals surface area contributed by atoms with Gasteiger partial charge in [-0.25, -0.2) is 0 Å². The van der Waals surface area contributed by atoms with Crippen molar-refractivity contribution in [2.45, 2.75) is 117 Å². The van der Waals surface area contributed by atoms with Crippen LogP contribution < -0.4 is 0 Å². The molecule has 0 fully saturated rings. The summed E-state index contributed by atoms with van der Waals surface area (Å²) < 4.78 is 0. The highest BCUT2D eigenvalue weighted by molar-refractivity contribution is 4.96. The van der Waals surface area contributed by atoms with Crippen LogP contribution in [0.3, 0.4) is 0 Å². The van der Waals surface area contributed by atoms with Crippen molar-refractivity contribution < 1.29 is 0 Å². The summed E-state index contributed by atoms with van der Waals surface area (Å²) in [7, 11) is 0. The molecule has 0 aliphatic carbocycles. The first-order chi connectivity index (χ1) is 11.8. The van der Waals surface area contributed by atoms with Crippen LogP contribution in [0.1, 0.15) is 111 Å². The van der Waals surface area contributed by atoms with Crippen LogP contribution in [0.4, 0.5) is 0 Å². The molecule has 2 nitrogen and oxygen atoms in total. The van der Waals surface area contributed by atoms with E-state index in [2.05, 4.69) is 43.0 Å². The summed E-state index contributed by atoms with van der Waals surface area (Å²) in [6, 6.07) is 0. The second-order valence-electron chi connectivity index (χ2n) is 7.58. The van der Waals surface area contributed by atoms with Crippen LogP contribution in [0.2, 0.25) is 0 Å². The smallest absolute Gasteiger partial charge is 0.101 e. The van der Waals surface area contributed by atoms with Gasteiger partial charge >= 0.3 is 0 Å². The molecule has 1 aliphatic rings. The molecule has 1 rings (SSSR count). The van der Waals surface area contributed by atoms with Crippen LogP contribution in [0.5, 0.6) is 0 Å². The van der Waals surface area contributed by atoms with Gasteiger partial charge in [-0.3, -0.25) is 0 Å². The number of nitrogens with zero attached hydrogens (tertiary/aromatic N) is 2. The lowest BCUT2D eigenvalue weighted by molar-refractivity contribution is 0.135. The van der Waals surface area contributed by atoms with Crippen molar-refractivity contribution in [1.29, 1.82) is 0 Å². The van der Waals surface area contributed by atoms with Crippen molar-refractivity contribution in [2.75, 3.05) is 13.1 Å². The molecule has 0 aromatic rings. The van der Waals surface area contributed by atoms with Crippen LogP contribution in [0.25, 0.3) is 0 Å². The molecule has 0 radical (unpaired) electrons. The summed E-state index contributed by atoms with van der Waals surface area (Å²) in [5.41, 5.74) is 0. The molecule has 0 bridgehead atoms. The van der Waals surface area contributed by atoms with Crippen LogP contribution in [0.15, 0.2) is 12.4 Å². The third-order valence-corrected chi connectivity index (χ3v) is 5.32. The third-order valence-electron chi connectivity index (χ3n) is 5.32. The van der Waals surface area contributed by atoms with Gasteiger partial charge in [0.2, 0.25) is 0 Å². The Bertz CT molecular complexity index is 300. The van der Waals surface area contributed by atoms with Crippen LogP contribution in [-0.4, -0.2) is 29.1 Å². The molecule has 1 aliphatic heterocycles. The maximum Gasteiger partial charge on any atom is 0.101 e. The van der Waals surface area contributed by atoms with Gasteiger partial charge in [0.1, 0.15) is 6.17 Å². The van der Waals surface area contributed by atoms with Gasteiger partial charge in [-0.15, -0.1) is 0 Å². The molecule has 0 saturated heterocycles. The molecule has 1 unspecified atom stereocenters. The normalized spacial score (nSPS) is 17.2. The monoisotopic (exact) mass is 336 g/mol. The molecule has 2 heteroatoms. The maximum atomic E-state index is 2.64. The number of hydrogen-bond acceptors (Lipinski definition) is 2. The molecule has 0 N–H and O–H groups in total. The quantitative estimate of drug-likeness (QED) is 0.282. The largest absolute Gasteiger partial charge is 0.356 e. The average molecular weight is 337 g/mol. The van der Waals surface area contributed by atoms with Crippen LogP contribution >= 0.6 is 0 Å². The zero-order valence-corrected chi connectivity index (χ0v) is 16.9. The summed E-state index contributed by atoms with van der Waals surface area (Å²) in [4.78, 5) is 5.26. The fourth-order valence-corrected chi connectivity index (χ4v) is 3.71. The molecular weight excluding hydrogens is 292 g/mol. The van der Waals surface area contributed by atoms with Gasteiger partial charge in [-0.1, -0.05) is 85.0 Å². The fourth-order valence-electron chi connectivity index (χ4n) is 3.71. The van der Waals surface area contributed by atoms with Crippen molar-refractivity contribution >= 4 is 0 Å². The van der Waals surface area contributed by atoms with Crippen molar-refractivity contribution in [3.8, 4) is 0 Å². The standard InChI is InChI=1S/C22H44N2/c1-4-7-10-12-13-16-19-24-21-20-23(18-15-9-6-3)22(24)17-14-11-8-5-2/h20-22H,4-19H2,1-3H3. The van der Waals surface area contributed by atoms with Crippen molar-refractivity contribution in [3.05, 3.63) is 12.4 Å². The summed E-state index contributed by atoms with van der Waals surface area (Å²) >= 11 is 0. The van der Waals surface area contributed by atoms with E-state index < -0.39 is 0 Å². The summed E-state index contributed by atoms with van der Waals surface area (Å²) in [5, 5.41) is 0. The van der Waals surface area contributed by atoms with E-state index in [9.17, 15) is 0 Å². The highest BCUT2D eigenvalue weighted by Gasteiger charge is 2.24. The van der Waals surface area contributed by atoms with Gasteiger partial charge in [0, 0.05) is 25.5 Å². The zero-order valence-electron chi connectivity index (χ0n) is 16.9. The van der Waals surface area contributed by atoms with E-state index in [-0.39, 0.29) is 0 Å². The van der Waals surface area contributed by atoms with E-state index in [4.69, 9.17) is 0 Å². The Morgan fingerprint density at radius 3 is 1.54 bits per heavy atom. The molecule has 0 amide bonds. The molecule has 0 aromatic carbocycles. The van der Waals surface area contributed by atoms with E-state index in [1.54, 1.807) is 0 Å². The van der Waals surface area contributed by atoms with E-state index >= 15 is 0 Å². The van der Waals surface area contributed by atoms with E-state index in [1.165, 1.54) is 103 Å². The Labute approximate surface area is 152 Å². The van der Waals surface area contributed by atoms with E-state index in [0.717, 1.165) is 0 Å². The van der Waals surface area contributed by atoms with Gasteiger partial charge in [-0.05, 0) is 25.7 Å². The summed E-state index contributed by atoms with van der Waals surface area (Å²) in [5.74, 6) is 0. The third kappa shape index (κ3) is 8.99. The van der Waals surface area contributed by atoms with Gasteiger partial charge in [0.25, 0.3) is 0 Å². The molecule has 0 aromatic heterocycles. The molecule has 24 heavy (non-hydrogen) atoms. The predicted octanol–water partition coefficient (Wildman–Crippen LogP) is 6.92. The van der Waals surface area contributed by atoms with Crippen LogP contribution in [0, 0.1) is 0 Å². The first kappa shape index (κ1) is 21.4. The maximum absolute atomic E-state index is 2.64. The minimum absolute atomic E-state index is 0.648. The Morgan fingerprint density at radius 1 is 0.542 bits per heavy atom. The molecule has 0 spiro atoms. The molecule has 142 valence electrons. The van der Waals surface area contributed by atoms with E-state index in [1.807, 2.05) is 0 Å². The molecule has 1 heterocycles. The van der Waals surface area contributed by atoms with Crippen molar-refractivity contribution in [1.82, 2.24) is 9.80 Å². The summed E-state index contributed by atoms with van der Waals surface area (Å²) in [6.07, 6.45) is 24.7. The average Bonchev–Trinajstić information content (AvgIpc) is 2.97. The number of hydrogen-bond donors (Lipinski definition) is 0. The lowest BCUT2D eigenvalue weighted by Gasteiger charge is -2.33. The number of rotatable bonds is 16. The van der Waals surface area contributed by atoms with Gasteiger partial charge in [0.15, 0.2) is 0 Å². The first-order valence-electron chi connectivity index (χ1n) is 11.0. The topological polar surface area (TPSA) is 6.48 Å². The highest BCUT2D eigenvalue weighted by Crippen LogP contribution is 2.23. The minimum Gasteiger partial charge on any atom is -0.356 e. The molecule has 1 atom stereocenters. The van der Waals surface area contributed by atoms with Gasteiger partial charge in [-0.2, -0.15) is 0 Å². The Hall–Kier alpha value is -0.660. The van der Waals surface area contributed by atoms with Crippen molar-refractivity contribution in [3.63, 3.8) is 0 Å². The van der Waals surface area contributed by atoms with Crippen LogP contribution in [-0.2, 0) is 0 Å². The number of unbranched alkanes of at least 4 members (excludes halogenated alkanes) is 10. The van der Waals surface area contributed by atoms with E-state index in [0.29, 0.717) is 6.17 Å². The lowest BCUT2D eigenvalue weighted by atomic mass is 10.1. The SMILES string of the molecule is CCCCCCCCN1C=CN(CCCCC)C1CCCCCC. The Balaban J connectivity index is 2.32. The Morgan fingerprint density at radius 2 is 0.958 bits per heavy atom. The predicted molar refractivity (Wildman–Crippen MR) is 108 cm³/mol. The first-order valence-corrected chi connectivity index (χ1v) is 11.0. The zero-order chi connectivity index (χ0) is 17.5. The second kappa shape index (κ2) is 14.7. The van der Waals surface area contributed by atoms with Gasteiger partial charge in [0.05, 0.1) is 0 Å². The molecular formula is C22H44N2. The fraction of sp³-hybridized carbons (Fsp3) is 0.909. The second-order valence-corrected chi connectivity index (χ2v) is 7.58. The molecule has 0 saturated carbocycles. The minimum atomic E-state index is 0.648. The van der Waals surface area contributed by atoms with Crippen molar-refractivity contribution in [2.24, 2.45) is 0 Å². The van der Waals surface area contributed by atoms with Gasteiger partial charge < -0.3 is 9.80 Å². The Kier molecular flexibility index (Phi) is 13.1.